The molecule has 0 spiro atoms. The minimum absolute atomic E-state index is 0. The van der Waals surface area contributed by atoms with Gasteiger partial charge >= 0.3 is 89.5 Å². The van der Waals surface area contributed by atoms with Crippen LogP contribution in [-0.2, 0) is 104 Å². The van der Waals surface area contributed by atoms with E-state index in [1.165, 1.54) is 92.8 Å². The molecule has 2 nitrogen and oxygen atoms in total. The van der Waals surface area contributed by atoms with Crippen molar-refractivity contribution < 1.29 is 89.5 Å². The summed E-state index contributed by atoms with van der Waals surface area (Å²) in [5.41, 5.74) is 7.38. The summed E-state index contributed by atoms with van der Waals surface area (Å²) in [4.78, 5) is 0. The fourth-order valence-corrected chi connectivity index (χ4v) is 23.7. The van der Waals surface area contributed by atoms with Crippen LogP contribution in [-0.4, -0.2) is 33.8 Å². The van der Waals surface area contributed by atoms with Gasteiger partial charge in [0.1, 0.15) is 0 Å². The first kappa shape index (κ1) is 80.5. The predicted octanol–water partition coefficient (Wildman–Crippen LogP) is 17.4. The van der Waals surface area contributed by atoms with Crippen LogP contribution in [0, 0.1) is 49.4 Å². The van der Waals surface area contributed by atoms with Crippen molar-refractivity contribution in [3.63, 3.8) is 0 Å². The Bertz CT molecular complexity index is 4180. The van der Waals surface area contributed by atoms with Gasteiger partial charge in [0.2, 0.25) is 0 Å². The zero-order valence-corrected chi connectivity index (χ0v) is 68.4. The zero-order chi connectivity index (χ0) is 66.3. The average Bonchev–Trinajstić information content (AvgIpc) is 1.62. The van der Waals surface area contributed by atoms with Crippen LogP contribution in [0.4, 0.5) is 0 Å². The Labute approximate surface area is 661 Å². The molecule has 10 heteroatoms. The van der Waals surface area contributed by atoms with Gasteiger partial charge in [0.25, 0.3) is 0 Å². The van der Waals surface area contributed by atoms with Gasteiger partial charge < -0.3 is 34.8 Å². The predicted molar refractivity (Wildman–Crippen MR) is 426 cm³/mol. The van der Waals surface area contributed by atoms with E-state index in [2.05, 4.69) is 275 Å². The smallest absolute Gasteiger partial charge is 0.366 e. The van der Waals surface area contributed by atoms with E-state index in [0.29, 0.717) is 0 Å². The number of rotatable bonds is 18. The number of unbranched alkanes of at least 4 members (excludes halogenated alkanes) is 2. The molecule has 0 radical (unpaired) electrons. The second-order valence-corrected chi connectivity index (χ2v) is 34.2. The first-order valence-electron chi connectivity index (χ1n) is 32.9. The van der Waals surface area contributed by atoms with Gasteiger partial charge in [-0.1, -0.05) is 170 Å². The fourth-order valence-electron chi connectivity index (χ4n) is 12.9. The first-order chi connectivity index (χ1) is 47.3. The molecule has 0 unspecified atom stereocenters. The van der Waals surface area contributed by atoms with E-state index < -0.39 is 31.7 Å². The van der Waals surface area contributed by atoms with E-state index in [0.717, 1.165) is 65.9 Å². The molecule has 14 rings (SSSR count). The van der Waals surface area contributed by atoms with Crippen LogP contribution in [0.15, 0.2) is 315 Å². The minimum Gasteiger partial charge on any atom is -0.366 e. The van der Waals surface area contributed by atoms with Gasteiger partial charge in [-0.15, -0.1) is 70.8 Å². The maximum Gasteiger partial charge on any atom is 1.00 e. The summed E-state index contributed by atoms with van der Waals surface area (Å²) in [6.07, 6.45) is 39.2. The van der Waals surface area contributed by atoms with Crippen LogP contribution in [0.2, 0.25) is 0 Å². The molecule has 0 N–H and O–H groups in total. The van der Waals surface area contributed by atoms with Crippen LogP contribution in [0.1, 0.15) is 47.9 Å². The van der Waals surface area contributed by atoms with Crippen molar-refractivity contribution in [2.24, 2.45) is 14.1 Å². The number of benzene rings is 12. The molecule has 0 aliphatic rings. The van der Waals surface area contributed by atoms with Gasteiger partial charge in [0, 0.05) is 57.7 Å². The molecular formula is C90H78Au4N2P4+4. The maximum absolute atomic E-state index is 7.19. The Balaban J connectivity index is 0.000000190. The Kier molecular flexibility index (Phi) is 33.7. The van der Waals surface area contributed by atoms with E-state index in [1.807, 2.05) is 86.9 Å². The topological polar surface area (TPSA) is 9.86 Å². The molecule has 508 valence electrons. The van der Waals surface area contributed by atoms with Crippen LogP contribution in [0.25, 0.3) is 43.6 Å². The van der Waals surface area contributed by atoms with Gasteiger partial charge in [-0.2, -0.15) is 0 Å². The van der Waals surface area contributed by atoms with Gasteiger partial charge in [-0.25, -0.2) is 0 Å². The van der Waals surface area contributed by atoms with Gasteiger partial charge in [0.15, 0.2) is 0 Å². The van der Waals surface area contributed by atoms with Crippen molar-refractivity contribution in [3.8, 4) is 23.7 Å². The number of aryl methyl sites for hydroxylation is 2. The van der Waals surface area contributed by atoms with E-state index in [9.17, 15) is 0 Å². The quantitative estimate of drug-likeness (QED) is 0.0266. The second-order valence-electron chi connectivity index (χ2n) is 23.8. The molecule has 2 heterocycles. The van der Waals surface area contributed by atoms with Crippen LogP contribution < -0.4 is 42.4 Å². The third-order valence-electron chi connectivity index (χ3n) is 17.8. The van der Waals surface area contributed by atoms with Crippen molar-refractivity contribution in [2.75, 3.05) is 24.6 Å². The van der Waals surface area contributed by atoms with Crippen molar-refractivity contribution in [2.45, 2.75) is 25.7 Å². The number of fused-ring (bicyclic) bond motifs is 6. The molecule has 2 aromatic heterocycles. The Morgan fingerprint density at radius 2 is 0.380 bits per heavy atom. The van der Waals surface area contributed by atoms with E-state index in [-0.39, 0.29) is 89.5 Å². The van der Waals surface area contributed by atoms with Crippen LogP contribution in [0.5, 0.6) is 0 Å². The van der Waals surface area contributed by atoms with Gasteiger partial charge in [-0.05, 0) is 123 Å². The summed E-state index contributed by atoms with van der Waals surface area (Å²) < 4.78 is 4.15. The van der Waals surface area contributed by atoms with Gasteiger partial charge in [-0.3, -0.25) is 23.7 Å². The second kappa shape index (κ2) is 41.9. The Hall–Kier alpha value is -6.84. The average molecular weight is 2100 g/mol. The van der Waals surface area contributed by atoms with Crippen LogP contribution in [0.3, 0.4) is 0 Å². The maximum atomic E-state index is 7.19. The molecule has 0 fully saturated rings. The monoisotopic (exact) mass is 2100 g/mol. The Morgan fingerprint density at radius 3 is 0.520 bits per heavy atom. The third kappa shape index (κ3) is 21.2. The summed E-state index contributed by atoms with van der Waals surface area (Å²) in [5, 5.41) is 16.9. The number of hydrogen-bond donors (Lipinski definition) is 0. The molecule has 0 saturated carbocycles. The molecule has 0 amide bonds. The standard InChI is InChI=1S/2C28H28P2.2C17H9N.4Au/c2*1-5-15-25(16-6-1)29(26-17-7-2-8-18-26)23-13-14-24-30(27-19-9-3-10-20-27)28-21-11-4-12-22-28;2*1-4-12-6-8-14-15-9-7-13(5-2)11-17(15)18(3)16(14)10-12;;;;/h2*1-12,15-22H,13-14,23-24H2;2*6-11H,3H3;;;;/q;;2*-2;4*+1/p+4. The molecule has 12 aromatic carbocycles. The SMILES string of the molecule is [Au+].[Au+].[Au+].[Au+].[C-]#Cc1ccc2c3ccc(C#[C-])cc3n(C)c2c1.[C-]#Cc1ccc2c3ccc(C#[C-])cc3n(C)c2c1.c1ccc([PH+](CCCC[PH+](c2ccccc2)c2ccccc2)c2ccccc2)cc1.c1ccc([PH+](CCCC[PH+](c2ccccc2)c2ccccc2)c2ccccc2)cc1. The van der Waals surface area contributed by atoms with E-state index in [4.69, 9.17) is 25.7 Å². The zero-order valence-electron chi connectivity index (χ0n) is 55.8. The van der Waals surface area contributed by atoms with Crippen molar-refractivity contribution in [1.29, 1.82) is 0 Å². The Morgan fingerprint density at radius 1 is 0.230 bits per heavy atom. The normalized spacial score (nSPS) is 10.4. The minimum atomic E-state index is -0.714. The summed E-state index contributed by atoms with van der Waals surface area (Å²) in [6, 6.07) is 113. The summed E-state index contributed by atoms with van der Waals surface area (Å²) in [5.74, 6) is 9.63. The number of aromatic nitrogens is 2. The first-order valence-corrected chi connectivity index (χ1v) is 39.8. The fraction of sp³-hybridized carbons (Fsp3) is 0.111. The van der Waals surface area contributed by atoms with Crippen molar-refractivity contribution >= 4 is 118 Å². The molecule has 0 aliphatic carbocycles. The molecule has 0 atom stereocenters. The summed E-state index contributed by atoms with van der Waals surface area (Å²) >= 11 is 0. The molecule has 100 heavy (non-hydrogen) atoms. The van der Waals surface area contributed by atoms with Crippen molar-refractivity contribution in [1.82, 2.24) is 9.13 Å². The molecular weight excluding hydrogens is 2020 g/mol. The van der Waals surface area contributed by atoms with Crippen molar-refractivity contribution in [3.05, 3.63) is 363 Å². The third-order valence-corrected chi connectivity index (χ3v) is 29.4. The summed E-state index contributed by atoms with van der Waals surface area (Å²) in [6.45, 7) is 0. The molecule has 0 aliphatic heterocycles. The largest absolute Gasteiger partial charge is 1.00 e. The van der Waals surface area contributed by atoms with E-state index >= 15 is 0 Å². The molecule has 14 aromatic rings. The van der Waals surface area contributed by atoms with Crippen LogP contribution >= 0.6 is 31.7 Å². The van der Waals surface area contributed by atoms with E-state index in [1.54, 1.807) is 0 Å². The van der Waals surface area contributed by atoms with Gasteiger partial charge in [0.05, 0.1) is 98.8 Å². The molecule has 0 bridgehead atoms. The number of hydrogen-bond acceptors (Lipinski definition) is 0. The summed E-state index contributed by atoms with van der Waals surface area (Å²) in [7, 11) is 1.13. The molecule has 0 saturated heterocycles. The number of nitrogens with zero attached hydrogens (tertiary/aromatic N) is 2.